The first kappa shape index (κ1) is 20.0. The quantitative estimate of drug-likeness (QED) is 0.826. The molecule has 1 amide bonds. The van der Waals surface area contributed by atoms with Gasteiger partial charge in [0.2, 0.25) is 5.91 Å². The molecule has 4 nitrogen and oxygen atoms in total. The molecule has 0 spiro atoms. The lowest BCUT2D eigenvalue weighted by Gasteiger charge is -2.36. The molecule has 1 aliphatic rings. The summed E-state index contributed by atoms with van der Waals surface area (Å²) in [5, 5.41) is 12.2. The van der Waals surface area contributed by atoms with Crippen molar-refractivity contribution in [3.05, 3.63) is 54.1 Å². The van der Waals surface area contributed by atoms with Gasteiger partial charge in [-0.3, -0.25) is 4.79 Å². The van der Waals surface area contributed by atoms with E-state index in [1.54, 1.807) is 6.07 Å². The number of nitrogens with one attached hydrogen (secondary N) is 1. The Labute approximate surface area is 163 Å². The minimum atomic E-state index is -0.633. The maximum absolute atomic E-state index is 14.6. The molecule has 1 aliphatic carbocycles. The van der Waals surface area contributed by atoms with Crippen molar-refractivity contribution in [2.75, 3.05) is 12.4 Å². The van der Waals surface area contributed by atoms with Crippen LogP contribution in [0.3, 0.4) is 0 Å². The SMILES string of the molecule is CO[C@@H]1CC[C@H](C)[C@H](C(=O)Nc2ccc(-c3ccccc3F)c(F)c2)C1C#N. The number of hydrogen-bond donors (Lipinski definition) is 1. The van der Waals surface area contributed by atoms with E-state index in [9.17, 15) is 18.8 Å². The van der Waals surface area contributed by atoms with Crippen LogP contribution in [0.1, 0.15) is 19.8 Å². The Morgan fingerprint density at radius 3 is 2.50 bits per heavy atom. The zero-order valence-corrected chi connectivity index (χ0v) is 15.8. The number of nitriles is 1. The minimum absolute atomic E-state index is 0.0126. The Kier molecular flexibility index (Phi) is 6.05. The largest absolute Gasteiger partial charge is 0.380 e. The molecule has 1 unspecified atom stereocenters. The van der Waals surface area contributed by atoms with Crippen molar-refractivity contribution >= 4 is 11.6 Å². The molecule has 1 saturated carbocycles. The van der Waals surface area contributed by atoms with E-state index < -0.39 is 23.5 Å². The maximum Gasteiger partial charge on any atom is 0.229 e. The Morgan fingerprint density at radius 1 is 1.14 bits per heavy atom. The summed E-state index contributed by atoms with van der Waals surface area (Å²) in [4.78, 5) is 12.8. The van der Waals surface area contributed by atoms with Gasteiger partial charge in [-0.25, -0.2) is 8.78 Å². The first-order valence-electron chi connectivity index (χ1n) is 9.24. The number of hydrogen-bond acceptors (Lipinski definition) is 3. The molecule has 0 saturated heterocycles. The fourth-order valence-electron chi connectivity index (χ4n) is 3.94. The molecule has 2 aromatic rings. The molecule has 0 heterocycles. The summed E-state index contributed by atoms with van der Waals surface area (Å²) in [6.45, 7) is 1.93. The molecule has 2 aromatic carbocycles. The number of methoxy groups -OCH3 is 1. The average molecular weight is 384 g/mol. The van der Waals surface area contributed by atoms with E-state index in [4.69, 9.17) is 4.74 Å². The highest BCUT2D eigenvalue weighted by molar-refractivity contribution is 5.93. The second kappa shape index (κ2) is 8.49. The molecule has 0 aromatic heterocycles. The van der Waals surface area contributed by atoms with Gasteiger partial charge in [-0.15, -0.1) is 0 Å². The van der Waals surface area contributed by atoms with Crippen LogP contribution in [0.15, 0.2) is 42.5 Å². The minimum Gasteiger partial charge on any atom is -0.380 e. The lowest BCUT2D eigenvalue weighted by Crippen LogP contribution is -2.43. The summed E-state index contributed by atoms with van der Waals surface area (Å²) in [6, 6.07) is 12.3. The molecule has 0 aliphatic heterocycles. The molecule has 0 bridgehead atoms. The smallest absolute Gasteiger partial charge is 0.229 e. The van der Waals surface area contributed by atoms with Crippen LogP contribution in [0.5, 0.6) is 0 Å². The summed E-state index contributed by atoms with van der Waals surface area (Å²) < 4.78 is 33.9. The lowest BCUT2D eigenvalue weighted by molar-refractivity contribution is -0.126. The molecule has 1 fully saturated rings. The zero-order valence-electron chi connectivity index (χ0n) is 15.8. The standard InChI is InChI=1S/C22H22F2N2O2/c1-13-7-10-20(28-2)17(12-25)21(13)22(27)26-14-8-9-16(19(24)11-14)15-5-3-4-6-18(15)23/h3-6,8-9,11,13,17,20-21H,7,10H2,1-2H3,(H,26,27)/t13-,17?,20+,21-/m0/s1. The second-order valence-corrected chi connectivity index (χ2v) is 7.17. The van der Waals surface area contributed by atoms with Crippen LogP contribution >= 0.6 is 0 Å². The number of anilines is 1. The van der Waals surface area contributed by atoms with Crippen molar-refractivity contribution in [2.45, 2.75) is 25.9 Å². The molecular weight excluding hydrogens is 362 g/mol. The summed E-state index contributed by atoms with van der Waals surface area (Å²) in [5.41, 5.74) is 0.550. The van der Waals surface area contributed by atoms with Gasteiger partial charge in [-0.2, -0.15) is 5.26 Å². The molecule has 3 rings (SSSR count). The van der Waals surface area contributed by atoms with E-state index in [1.807, 2.05) is 6.92 Å². The number of rotatable bonds is 4. The van der Waals surface area contributed by atoms with Gasteiger partial charge >= 0.3 is 0 Å². The van der Waals surface area contributed by atoms with Crippen molar-refractivity contribution < 1.29 is 18.3 Å². The number of carbonyl (C=O) groups is 1. The predicted octanol–water partition coefficient (Wildman–Crippen LogP) is 4.77. The second-order valence-electron chi connectivity index (χ2n) is 7.17. The van der Waals surface area contributed by atoms with Crippen LogP contribution in [0.25, 0.3) is 11.1 Å². The molecule has 146 valence electrons. The highest BCUT2D eigenvalue weighted by atomic mass is 19.1. The van der Waals surface area contributed by atoms with Crippen molar-refractivity contribution in [3.8, 4) is 17.2 Å². The number of nitrogens with zero attached hydrogens (tertiary/aromatic N) is 1. The highest BCUT2D eigenvalue weighted by Gasteiger charge is 2.42. The van der Waals surface area contributed by atoms with Crippen LogP contribution in [0, 0.1) is 40.7 Å². The van der Waals surface area contributed by atoms with Gasteiger partial charge in [0.15, 0.2) is 0 Å². The number of ether oxygens (including phenoxy) is 1. The van der Waals surface area contributed by atoms with Gasteiger partial charge in [0, 0.05) is 23.9 Å². The zero-order chi connectivity index (χ0) is 20.3. The number of carbonyl (C=O) groups excluding carboxylic acids is 1. The molecule has 0 radical (unpaired) electrons. The van der Waals surface area contributed by atoms with Gasteiger partial charge in [-0.05, 0) is 43.0 Å². The number of halogens is 2. The topological polar surface area (TPSA) is 62.1 Å². The van der Waals surface area contributed by atoms with E-state index in [1.165, 1.54) is 43.5 Å². The Hall–Kier alpha value is -2.78. The lowest BCUT2D eigenvalue weighted by atomic mass is 9.71. The third-order valence-corrected chi connectivity index (χ3v) is 5.46. The molecule has 4 atom stereocenters. The van der Waals surface area contributed by atoms with Crippen LogP contribution in [-0.2, 0) is 9.53 Å². The monoisotopic (exact) mass is 384 g/mol. The highest BCUT2D eigenvalue weighted by Crippen LogP contribution is 2.37. The molecule has 6 heteroatoms. The van der Waals surface area contributed by atoms with Crippen molar-refractivity contribution in [3.63, 3.8) is 0 Å². The first-order valence-corrected chi connectivity index (χ1v) is 9.24. The van der Waals surface area contributed by atoms with Gasteiger partial charge in [0.1, 0.15) is 11.6 Å². The fourth-order valence-corrected chi connectivity index (χ4v) is 3.94. The average Bonchev–Trinajstić information content (AvgIpc) is 2.68. The summed E-state index contributed by atoms with van der Waals surface area (Å²) in [7, 11) is 1.54. The fraction of sp³-hybridized carbons (Fsp3) is 0.364. The predicted molar refractivity (Wildman–Crippen MR) is 102 cm³/mol. The summed E-state index contributed by atoms with van der Waals surface area (Å²) >= 11 is 0. The van der Waals surface area contributed by atoms with Crippen LogP contribution in [-0.4, -0.2) is 19.1 Å². The third-order valence-electron chi connectivity index (χ3n) is 5.46. The third kappa shape index (κ3) is 3.90. The van der Waals surface area contributed by atoms with E-state index in [-0.39, 0.29) is 34.7 Å². The van der Waals surface area contributed by atoms with E-state index in [0.717, 1.165) is 12.8 Å². The van der Waals surface area contributed by atoms with Crippen LogP contribution < -0.4 is 5.32 Å². The van der Waals surface area contributed by atoms with Gasteiger partial charge in [0.05, 0.1) is 24.0 Å². The van der Waals surface area contributed by atoms with E-state index >= 15 is 0 Å². The summed E-state index contributed by atoms with van der Waals surface area (Å²) in [5.74, 6) is -2.57. The van der Waals surface area contributed by atoms with Crippen molar-refractivity contribution in [1.29, 1.82) is 5.26 Å². The first-order chi connectivity index (χ1) is 13.5. The van der Waals surface area contributed by atoms with E-state index in [0.29, 0.717) is 0 Å². The van der Waals surface area contributed by atoms with E-state index in [2.05, 4.69) is 11.4 Å². The van der Waals surface area contributed by atoms with Gasteiger partial charge < -0.3 is 10.1 Å². The Balaban J connectivity index is 1.82. The Bertz CT molecular complexity index is 910. The van der Waals surface area contributed by atoms with Crippen LogP contribution in [0.4, 0.5) is 14.5 Å². The van der Waals surface area contributed by atoms with Gasteiger partial charge in [-0.1, -0.05) is 25.1 Å². The molecule has 28 heavy (non-hydrogen) atoms. The number of amides is 1. The normalized spacial score (nSPS) is 24.4. The number of benzene rings is 2. The molecular formula is C22H22F2N2O2. The summed E-state index contributed by atoms with van der Waals surface area (Å²) in [6.07, 6.45) is 1.21. The van der Waals surface area contributed by atoms with Crippen LogP contribution in [0.2, 0.25) is 0 Å². The van der Waals surface area contributed by atoms with Crippen molar-refractivity contribution in [2.24, 2.45) is 17.8 Å². The maximum atomic E-state index is 14.6. The molecule has 1 N–H and O–H groups in total. The van der Waals surface area contributed by atoms with Crippen molar-refractivity contribution in [1.82, 2.24) is 0 Å². The Morgan fingerprint density at radius 2 is 1.86 bits per heavy atom. The van der Waals surface area contributed by atoms with Gasteiger partial charge in [0.25, 0.3) is 0 Å².